The molecule has 228 valence electrons. The first kappa shape index (κ1) is 30.9. The predicted molar refractivity (Wildman–Crippen MR) is 154 cm³/mol. The molecule has 0 radical (unpaired) electrons. The minimum atomic E-state index is -2.12. The molecule has 43 heavy (non-hydrogen) atoms. The van der Waals surface area contributed by atoms with Gasteiger partial charge in [-0.3, -0.25) is 9.69 Å². The molecular formula is C32H32ClF2NO7. The summed E-state index contributed by atoms with van der Waals surface area (Å²) in [6, 6.07) is 13.1. The Bertz CT molecular complexity index is 1560. The molecule has 5 rings (SSSR count). The van der Waals surface area contributed by atoms with Crippen LogP contribution in [0, 0.1) is 5.82 Å². The fraction of sp³-hybridized carbons (Fsp3) is 0.375. The van der Waals surface area contributed by atoms with Crippen LogP contribution in [0.1, 0.15) is 69.2 Å². The summed E-state index contributed by atoms with van der Waals surface area (Å²) in [6.07, 6.45) is -0.281. The standard InChI is InChI=1S/C32H32ClF2NO7/c1-4-31(40,30(35)11-13-43-14-12-30)21-15-25-27(26(34)16-21)32(42-3,20-6-8-22(33)9-7-20)36(28(25)37)18-19-5-10-23(41-2)17-24(19)29(38)39/h5-10,15-17,40H,4,11-14,18H2,1-3H3,(H,38,39)/t31?,32-/m1/s1. The number of alkyl halides is 1. The summed E-state index contributed by atoms with van der Waals surface area (Å²) in [6.45, 7) is 1.49. The van der Waals surface area contributed by atoms with Crippen molar-refractivity contribution in [3.05, 3.63) is 98.8 Å². The zero-order valence-corrected chi connectivity index (χ0v) is 24.7. The van der Waals surface area contributed by atoms with Gasteiger partial charge in [0.2, 0.25) is 0 Å². The number of hydrogen-bond donors (Lipinski definition) is 2. The van der Waals surface area contributed by atoms with E-state index in [1.54, 1.807) is 37.3 Å². The Morgan fingerprint density at radius 2 is 1.79 bits per heavy atom. The predicted octanol–water partition coefficient (Wildman–Crippen LogP) is 5.81. The number of nitrogens with zero attached hydrogens (tertiary/aromatic N) is 1. The monoisotopic (exact) mass is 615 g/mol. The second-order valence-electron chi connectivity index (χ2n) is 10.7. The highest BCUT2D eigenvalue weighted by Gasteiger charge is 2.57. The number of amides is 1. The van der Waals surface area contributed by atoms with Crippen LogP contribution < -0.4 is 4.74 Å². The minimum absolute atomic E-state index is 0.0809. The summed E-state index contributed by atoms with van der Waals surface area (Å²) in [5.41, 5.74) is -5.98. The van der Waals surface area contributed by atoms with E-state index in [9.17, 15) is 19.8 Å². The first-order valence-electron chi connectivity index (χ1n) is 13.8. The second kappa shape index (κ2) is 11.5. The maximum absolute atomic E-state index is 16.5. The molecule has 0 aromatic heterocycles. The third kappa shape index (κ3) is 4.86. The molecule has 2 heterocycles. The van der Waals surface area contributed by atoms with Crippen LogP contribution in [0.15, 0.2) is 54.6 Å². The van der Waals surface area contributed by atoms with Crippen LogP contribution >= 0.6 is 11.6 Å². The largest absolute Gasteiger partial charge is 0.497 e. The SMILES string of the molecule is CCC(O)(c1cc(F)c2c(c1)C(=O)N(Cc1ccc(OC)cc1C(=O)O)[C@@]2(OC)c1ccc(Cl)cc1)C1(F)CCOCC1. The third-order valence-electron chi connectivity index (χ3n) is 8.71. The molecule has 3 aromatic carbocycles. The fourth-order valence-electron chi connectivity index (χ4n) is 6.35. The van der Waals surface area contributed by atoms with Crippen molar-refractivity contribution in [2.75, 3.05) is 27.4 Å². The lowest BCUT2D eigenvalue weighted by molar-refractivity contribution is -0.155. The number of benzene rings is 3. The van der Waals surface area contributed by atoms with Gasteiger partial charge in [-0.25, -0.2) is 13.6 Å². The van der Waals surface area contributed by atoms with Gasteiger partial charge in [-0.1, -0.05) is 36.7 Å². The van der Waals surface area contributed by atoms with E-state index in [-0.39, 0.29) is 66.8 Å². The molecule has 0 spiro atoms. The van der Waals surface area contributed by atoms with Gasteiger partial charge in [0.25, 0.3) is 5.91 Å². The highest BCUT2D eigenvalue weighted by Crippen LogP contribution is 2.51. The van der Waals surface area contributed by atoms with Crippen molar-refractivity contribution < 1.29 is 42.8 Å². The molecule has 1 unspecified atom stereocenters. The molecule has 0 saturated carbocycles. The van der Waals surface area contributed by atoms with E-state index in [4.69, 9.17) is 25.8 Å². The van der Waals surface area contributed by atoms with E-state index in [0.29, 0.717) is 16.3 Å². The number of ether oxygens (including phenoxy) is 3. The molecule has 1 fully saturated rings. The molecule has 0 bridgehead atoms. The van der Waals surface area contributed by atoms with Crippen molar-refractivity contribution >= 4 is 23.5 Å². The zero-order chi connectivity index (χ0) is 31.2. The number of hydrogen-bond acceptors (Lipinski definition) is 6. The van der Waals surface area contributed by atoms with Gasteiger partial charge in [0, 0.05) is 43.8 Å². The maximum atomic E-state index is 16.5. The Kier molecular flexibility index (Phi) is 8.26. The topological polar surface area (TPSA) is 106 Å². The van der Waals surface area contributed by atoms with Crippen LogP contribution in [-0.4, -0.2) is 60.1 Å². The van der Waals surface area contributed by atoms with Gasteiger partial charge < -0.3 is 24.4 Å². The van der Waals surface area contributed by atoms with Crippen LogP contribution in [-0.2, 0) is 27.3 Å². The van der Waals surface area contributed by atoms with E-state index in [0.717, 1.165) is 6.07 Å². The number of fused-ring (bicyclic) bond motifs is 1. The van der Waals surface area contributed by atoms with Crippen molar-refractivity contribution in [1.29, 1.82) is 0 Å². The summed E-state index contributed by atoms with van der Waals surface area (Å²) in [5, 5.41) is 22.1. The molecule has 0 aliphatic carbocycles. The molecule has 2 atom stereocenters. The van der Waals surface area contributed by atoms with Crippen molar-refractivity contribution in [2.45, 2.75) is 49.7 Å². The molecular weight excluding hydrogens is 584 g/mol. The van der Waals surface area contributed by atoms with Crippen LogP contribution in [0.2, 0.25) is 5.02 Å². The first-order valence-corrected chi connectivity index (χ1v) is 14.2. The van der Waals surface area contributed by atoms with E-state index >= 15 is 8.78 Å². The van der Waals surface area contributed by atoms with Crippen molar-refractivity contribution in [3.63, 3.8) is 0 Å². The smallest absolute Gasteiger partial charge is 0.336 e. The first-order chi connectivity index (χ1) is 20.5. The number of carbonyl (C=O) groups is 2. The van der Waals surface area contributed by atoms with Gasteiger partial charge in [-0.15, -0.1) is 0 Å². The molecule has 2 aliphatic heterocycles. The second-order valence-corrected chi connectivity index (χ2v) is 11.2. The number of aliphatic hydroxyl groups is 1. The summed E-state index contributed by atoms with van der Waals surface area (Å²) in [7, 11) is 2.71. The average Bonchev–Trinajstić information content (AvgIpc) is 3.25. The van der Waals surface area contributed by atoms with Gasteiger partial charge in [-0.05, 0) is 53.9 Å². The van der Waals surface area contributed by atoms with Crippen LogP contribution in [0.5, 0.6) is 5.75 Å². The molecule has 8 nitrogen and oxygen atoms in total. The van der Waals surface area contributed by atoms with Crippen molar-refractivity contribution in [2.24, 2.45) is 0 Å². The third-order valence-corrected chi connectivity index (χ3v) is 8.96. The molecule has 1 saturated heterocycles. The Morgan fingerprint density at radius 3 is 2.37 bits per heavy atom. The van der Waals surface area contributed by atoms with E-state index in [1.807, 2.05) is 0 Å². The molecule has 2 aliphatic rings. The average molecular weight is 616 g/mol. The van der Waals surface area contributed by atoms with Gasteiger partial charge in [0.1, 0.15) is 22.8 Å². The van der Waals surface area contributed by atoms with Gasteiger partial charge >= 0.3 is 5.97 Å². The molecule has 11 heteroatoms. The number of carboxylic acids is 1. The van der Waals surface area contributed by atoms with Crippen LogP contribution in [0.25, 0.3) is 0 Å². The van der Waals surface area contributed by atoms with Crippen molar-refractivity contribution in [1.82, 2.24) is 4.90 Å². The van der Waals surface area contributed by atoms with E-state index < -0.39 is 34.7 Å². The summed E-state index contributed by atoms with van der Waals surface area (Å²) in [4.78, 5) is 27.7. The molecule has 2 N–H and O–H groups in total. The maximum Gasteiger partial charge on any atom is 0.336 e. The quantitative estimate of drug-likeness (QED) is 0.313. The highest BCUT2D eigenvalue weighted by molar-refractivity contribution is 6.30. The number of carboxylic acid groups (broad SMARTS) is 1. The number of aromatic carboxylic acids is 1. The highest BCUT2D eigenvalue weighted by atomic mass is 35.5. The summed E-state index contributed by atoms with van der Waals surface area (Å²) >= 11 is 6.15. The van der Waals surface area contributed by atoms with E-state index in [1.165, 1.54) is 37.3 Å². The lowest BCUT2D eigenvalue weighted by Crippen LogP contribution is -2.51. The Balaban J connectivity index is 1.73. The lowest BCUT2D eigenvalue weighted by Gasteiger charge is -2.44. The summed E-state index contributed by atoms with van der Waals surface area (Å²) in [5.74, 6) is -2.54. The van der Waals surface area contributed by atoms with Gasteiger partial charge in [0.15, 0.2) is 5.72 Å². The normalized spacial score (nSPS) is 20.9. The van der Waals surface area contributed by atoms with Gasteiger partial charge in [-0.2, -0.15) is 0 Å². The Hall–Kier alpha value is -3.57. The Morgan fingerprint density at radius 1 is 1.12 bits per heavy atom. The lowest BCUT2D eigenvalue weighted by atomic mass is 9.72. The molecule has 3 aromatic rings. The fourth-order valence-corrected chi connectivity index (χ4v) is 6.48. The minimum Gasteiger partial charge on any atom is -0.497 e. The number of rotatable bonds is 9. The van der Waals surface area contributed by atoms with E-state index in [2.05, 4.69) is 0 Å². The van der Waals surface area contributed by atoms with Crippen molar-refractivity contribution in [3.8, 4) is 5.75 Å². The van der Waals surface area contributed by atoms with Crippen LogP contribution in [0.3, 0.4) is 0 Å². The zero-order valence-electron chi connectivity index (χ0n) is 24.0. The summed E-state index contributed by atoms with van der Waals surface area (Å²) < 4.78 is 49.3. The number of methoxy groups -OCH3 is 2. The Labute approximate surface area is 252 Å². The molecule has 1 amide bonds. The number of carbonyl (C=O) groups excluding carboxylic acids is 1. The number of halogens is 3. The van der Waals surface area contributed by atoms with Gasteiger partial charge in [0.05, 0.1) is 30.3 Å². The van der Waals surface area contributed by atoms with Crippen LogP contribution in [0.4, 0.5) is 8.78 Å².